The minimum absolute atomic E-state index is 0.600. The van der Waals surface area contributed by atoms with Crippen LogP contribution in [0.5, 0.6) is 0 Å². The Morgan fingerprint density at radius 3 is 2.92 bits per heavy atom. The lowest BCUT2D eigenvalue weighted by atomic mass is 10.7. The molecule has 76 valence electrons. The number of hydrogen-bond donors (Lipinski definition) is 1. The Hall–Kier alpha value is 0.170. The van der Waals surface area contributed by atoms with E-state index in [2.05, 4.69) is 16.7 Å². The minimum Gasteiger partial charge on any atom is -0.327 e. The topological polar surface area (TPSA) is 33.6 Å². The predicted molar refractivity (Wildman–Crippen MR) is 66.1 cm³/mol. The maximum absolute atomic E-state index is 5.42. The van der Waals surface area contributed by atoms with E-state index in [9.17, 15) is 0 Å². The third kappa shape index (κ3) is 6.27. The SMILES string of the molecule is C=CCN=CNP(=S)(OCC)SC. The van der Waals surface area contributed by atoms with Crippen LogP contribution in [0, 0.1) is 0 Å². The quantitative estimate of drug-likeness (QED) is 0.319. The molecule has 3 nitrogen and oxygen atoms in total. The van der Waals surface area contributed by atoms with Crippen molar-refractivity contribution in [2.75, 3.05) is 19.4 Å². The number of nitrogens with one attached hydrogen (secondary N) is 1. The van der Waals surface area contributed by atoms with Gasteiger partial charge in [0.15, 0.2) is 0 Å². The second-order valence-corrected chi connectivity index (χ2v) is 8.76. The number of nitrogens with zero attached hydrogens (tertiary/aromatic N) is 1. The second kappa shape index (κ2) is 7.56. The Bertz CT molecular complexity index is 221. The van der Waals surface area contributed by atoms with Crippen LogP contribution in [0.2, 0.25) is 0 Å². The summed E-state index contributed by atoms with van der Waals surface area (Å²) in [5, 5.41) is 3.01. The molecule has 0 radical (unpaired) electrons. The highest BCUT2D eigenvalue weighted by molar-refractivity contribution is 8.68. The molecule has 0 aliphatic carbocycles. The van der Waals surface area contributed by atoms with Crippen molar-refractivity contribution in [3.05, 3.63) is 12.7 Å². The predicted octanol–water partition coefficient (Wildman–Crippen LogP) is 2.41. The Balaban J connectivity index is 3.96. The molecule has 0 aromatic carbocycles. The molecule has 0 saturated heterocycles. The molecule has 0 aliphatic heterocycles. The van der Waals surface area contributed by atoms with Crippen LogP contribution < -0.4 is 5.09 Å². The van der Waals surface area contributed by atoms with E-state index >= 15 is 0 Å². The molecular formula is C7H15N2OPS2. The average molecular weight is 238 g/mol. The van der Waals surface area contributed by atoms with E-state index in [1.165, 1.54) is 11.4 Å². The molecule has 0 fully saturated rings. The summed E-state index contributed by atoms with van der Waals surface area (Å²) in [4.78, 5) is 4.02. The fourth-order valence-corrected chi connectivity index (χ4v) is 2.95. The lowest BCUT2D eigenvalue weighted by Crippen LogP contribution is -2.07. The van der Waals surface area contributed by atoms with Crippen LogP contribution in [0.3, 0.4) is 0 Å². The van der Waals surface area contributed by atoms with Crippen LogP contribution in [0.25, 0.3) is 0 Å². The molecule has 0 aromatic heterocycles. The normalized spacial score (nSPS) is 15.5. The monoisotopic (exact) mass is 238 g/mol. The van der Waals surface area contributed by atoms with E-state index in [4.69, 9.17) is 16.3 Å². The first-order chi connectivity index (χ1) is 6.18. The van der Waals surface area contributed by atoms with Gasteiger partial charge in [0.05, 0.1) is 19.5 Å². The summed E-state index contributed by atoms with van der Waals surface area (Å²) in [7, 11) is 0. The van der Waals surface area contributed by atoms with Gasteiger partial charge in [0.1, 0.15) is 0 Å². The van der Waals surface area contributed by atoms with Crippen LogP contribution >= 0.6 is 17.0 Å². The smallest absolute Gasteiger partial charge is 0.210 e. The molecule has 1 atom stereocenters. The van der Waals surface area contributed by atoms with Crippen molar-refractivity contribution < 1.29 is 4.52 Å². The van der Waals surface area contributed by atoms with Crippen molar-refractivity contribution in [3.8, 4) is 0 Å². The van der Waals surface area contributed by atoms with E-state index in [1.54, 1.807) is 12.4 Å². The van der Waals surface area contributed by atoms with Gasteiger partial charge in [0.25, 0.3) is 0 Å². The van der Waals surface area contributed by atoms with Crippen molar-refractivity contribution in [2.45, 2.75) is 6.92 Å². The summed E-state index contributed by atoms with van der Waals surface area (Å²) >= 11 is 6.81. The number of rotatable bonds is 7. The van der Waals surface area contributed by atoms with Crippen molar-refractivity contribution in [2.24, 2.45) is 4.99 Å². The standard InChI is InChI=1S/C7H15N2OPS2/c1-4-6-8-7-9-11(12,13-3)10-5-2/h4,7H,1,5-6H2,2-3H3,(H,8,9,12). The average Bonchev–Trinajstić information content (AvgIpc) is 2.13. The first-order valence-electron chi connectivity index (χ1n) is 3.85. The maximum Gasteiger partial charge on any atom is 0.210 e. The van der Waals surface area contributed by atoms with Crippen LogP contribution in [-0.2, 0) is 16.3 Å². The molecule has 0 heterocycles. The Morgan fingerprint density at radius 1 is 1.77 bits per heavy atom. The first-order valence-corrected chi connectivity index (χ1v) is 8.41. The lowest BCUT2D eigenvalue weighted by Gasteiger charge is -2.17. The molecule has 0 bridgehead atoms. The van der Waals surface area contributed by atoms with Gasteiger partial charge >= 0.3 is 0 Å². The van der Waals surface area contributed by atoms with Gasteiger partial charge in [-0.05, 0) is 25.0 Å². The molecule has 6 heteroatoms. The van der Waals surface area contributed by atoms with E-state index in [-0.39, 0.29) is 0 Å². The highest BCUT2D eigenvalue weighted by Gasteiger charge is 2.12. The van der Waals surface area contributed by atoms with Crippen LogP contribution in [0.15, 0.2) is 17.6 Å². The summed E-state index contributed by atoms with van der Waals surface area (Å²) in [5.74, 6) is 0. The minimum atomic E-state index is -1.92. The maximum atomic E-state index is 5.42. The van der Waals surface area contributed by atoms with E-state index < -0.39 is 5.62 Å². The summed E-state index contributed by atoms with van der Waals surface area (Å²) < 4.78 is 5.42. The fraction of sp³-hybridized carbons (Fsp3) is 0.571. The zero-order chi connectivity index (χ0) is 10.2. The number of hydrogen-bond acceptors (Lipinski definition) is 4. The Morgan fingerprint density at radius 2 is 2.46 bits per heavy atom. The van der Waals surface area contributed by atoms with Crippen LogP contribution in [0.1, 0.15) is 6.92 Å². The van der Waals surface area contributed by atoms with E-state index in [0.717, 1.165) is 0 Å². The van der Waals surface area contributed by atoms with Gasteiger partial charge in [-0.1, -0.05) is 17.5 Å². The third-order valence-electron chi connectivity index (χ3n) is 1.08. The molecule has 0 aromatic rings. The molecule has 0 spiro atoms. The molecular weight excluding hydrogens is 223 g/mol. The second-order valence-electron chi connectivity index (χ2n) is 2.01. The van der Waals surface area contributed by atoms with Gasteiger partial charge < -0.3 is 9.61 Å². The van der Waals surface area contributed by atoms with Crippen molar-refractivity contribution in [1.82, 2.24) is 5.09 Å². The van der Waals surface area contributed by atoms with Gasteiger partial charge in [0.2, 0.25) is 5.62 Å². The van der Waals surface area contributed by atoms with Crippen molar-refractivity contribution >= 4 is 35.1 Å². The fourth-order valence-electron chi connectivity index (χ4n) is 0.551. The van der Waals surface area contributed by atoms with E-state index in [1.807, 2.05) is 13.2 Å². The molecule has 1 N–H and O–H groups in total. The van der Waals surface area contributed by atoms with Crippen molar-refractivity contribution in [1.29, 1.82) is 0 Å². The first kappa shape index (κ1) is 13.2. The molecule has 13 heavy (non-hydrogen) atoms. The zero-order valence-corrected chi connectivity index (χ0v) is 10.4. The Kier molecular flexibility index (Phi) is 7.66. The molecule has 0 rings (SSSR count). The van der Waals surface area contributed by atoms with Gasteiger partial charge in [0, 0.05) is 0 Å². The largest absolute Gasteiger partial charge is 0.327 e. The van der Waals surface area contributed by atoms with Crippen LogP contribution in [-0.4, -0.2) is 25.7 Å². The summed E-state index contributed by atoms with van der Waals surface area (Å²) in [5.41, 5.74) is -1.92. The van der Waals surface area contributed by atoms with Gasteiger partial charge in [-0.15, -0.1) is 6.58 Å². The third-order valence-corrected chi connectivity index (χ3v) is 6.64. The highest BCUT2D eigenvalue weighted by Crippen LogP contribution is 2.53. The summed E-state index contributed by atoms with van der Waals surface area (Å²) in [6.45, 7) is 6.71. The zero-order valence-electron chi connectivity index (χ0n) is 7.90. The van der Waals surface area contributed by atoms with E-state index in [0.29, 0.717) is 13.2 Å². The summed E-state index contributed by atoms with van der Waals surface area (Å²) in [6, 6.07) is 0. The lowest BCUT2D eigenvalue weighted by molar-refractivity contribution is 0.383. The highest BCUT2D eigenvalue weighted by atomic mass is 32.9. The molecule has 1 unspecified atom stereocenters. The van der Waals surface area contributed by atoms with Gasteiger partial charge in [-0.3, -0.25) is 4.99 Å². The Labute approximate surface area is 88.9 Å². The summed E-state index contributed by atoms with van der Waals surface area (Å²) in [6.07, 6.45) is 5.26. The number of aliphatic imine (C=N–C) groups is 1. The van der Waals surface area contributed by atoms with Gasteiger partial charge in [-0.2, -0.15) is 0 Å². The molecule has 0 aliphatic rings. The molecule has 0 saturated carbocycles. The molecule has 0 amide bonds. The van der Waals surface area contributed by atoms with Crippen molar-refractivity contribution in [3.63, 3.8) is 0 Å². The van der Waals surface area contributed by atoms with Gasteiger partial charge in [-0.25, -0.2) is 0 Å². The van der Waals surface area contributed by atoms with Crippen LogP contribution in [0.4, 0.5) is 0 Å².